The van der Waals surface area contributed by atoms with Gasteiger partial charge in [0.1, 0.15) is 5.54 Å². The third-order valence-electron chi connectivity index (χ3n) is 6.14. The van der Waals surface area contributed by atoms with Crippen molar-refractivity contribution < 1.29 is 23.9 Å². The Labute approximate surface area is 180 Å². The molecule has 7 nitrogen and oxygen atoms in total. The minimum Gasteiger partial charge on any atom is -0.467 e. The molecule has 1 fully saturated rings. The summed E-state index contributed by atoms with van der Waals surface area (Å²) in [5.41, 5.74) is 1.88. The van der Waals surface area contributed by atoms with Gasteiger partial charge in [0.2, 0.25) is 0 Å². The van der Waals surface area contributed by atoms with Crippen molar-refractivity contribution in [2.24, 2.45) is 0 Å². The van der Waals surface area contributed by atoms with Crippen molar-refractivity contribution >= 4 is 29.4 Å². The molecule has 31 heavy (non-hydrogen) atoms. The molecule has 1 aliphatic heterocycles. The van der Waals surface area contributed by atoms with Gasteiger partial charge in [-0.25, -0.2) is 9.69 Å². The maximum atomic E-state index is 13.1. The molecule has 0 saturated heterocycles. The van der Waals surface area contributed by atoms with Crippen LogP contribution in [0.5, 0.6) is 0 Å². The van der Waals surface area contributed by atoms with Crippen LogP contribution in [0.25, 0.3) is 0 Å². The summed E-state index contributed by atoms with van der Waals surface area (Å²) in [6.07, 6.45) is 2.65. The molecular weight excluding hydrogens is 396 g/mol. The van der Waals surface area contributed by atoms with Crippen molar-refractivity contribution in [1.29, 1.82) is 0 Å². The van der Waals surface area contributed by atoms with E-state index in [1.54, 1.807) is 6.07 Å². The molecule has 3 amide bonds. The van der Waals surface area contributed by atoms with Crippen LogP contribution in [-0.2, 0) is 9.53 Å². The number of amides is 3. The first-order valence-electron chi connectivity index (χ1n) is 10.3. The molecule has 2 aromatic carbocycles. The number of imide groups is 1. The van der Waals surface area contributed by atoms with Crippen molar-refractivity contribution in [1.82, 2.24) is 5.32 Å². The van der Waals surface area contributed by atoms with E-state index >= 15 is 0 Å². The zero-order valence-corrected chi connectivity index (χ0v) is 17.8. The number of hydrogen-bond donors (Lipinski definition) is 1. The van der Waals surface area contributed by atoms with Gasteiger partial charge in [-0.3, -0.25) is 14.4 Å². The van der Waals surface area contributed by atoms with Crippen LogP contribution in [0, 0.1) is 13.8 Å². The van der Waals surface area contributed by atoms with Gasteiger partial charge >= 0.3 is 5.97 Å². The fourth-order valence-electron chi connectivity index (χ4n) is 4.40. The van der Waals surface area contributed by atoms with Crippen LogP contribution in [0.3, 0.4) is 0 Å². The monoisotopic (exact) mass is 420 g/mol. The number of anilines is 1. The molecule has 1 heterocycles. The van der Waals surface area contributed by atoms with E-state index < -0.39 is 29.2 Å². The molecule has 0 bridgehead atoms. The first kappa shape index (κ1) is 20.8. The maximum absolute atomic E-state index is 13.1. The van der Waals surface area contributed by atoms with Crippen molar-refractivity contribution in [3.8, 4) is 0 Å². The lowest BCUT2D eigenvalue weighted by Gasteiger charge is -2.27. The molecule has 0 spiro atoms. The number of nitrogens with zero attached hydrogens (tertiary/aromatic N) is 1. The van der Waals surface area contributed by atoms with Crippen molar-refractivity contribution in [2.45, 2.75) is 45.1 Å². The SMILES string of the molecule is COC(=O)C1(NC(=O)c2ccc3c(c2)C(=O)N(c2cc(C)ccc2C)C3=O)CCCC1. The van der Waals surface area contributed by atoms with E-state index in [-0.39, 0.29) is 16.7 Å². The molecule has 0 aromatic heterocycles. The smallest absolute Gasteiger partial charge is 0.331 e. The second-order valence-electron chi connectivity index (χ2n) is 8.23. The lowest BCUT2D eigenvalue weighted by molar-refractivity contribution is -0.148. The second kappa shape index (κ2) is 7.65. The lowest BCUT2D eigenvalue weighted by Crippen LogP contribution is -2.53. The van der Waals surface area contributed by atoms with E-state index in [1.165, 1.54) is 25.3 Å². The van der Waals surface area contributed by atoms with Gasteiger partial charge in [0, 0.05) is 5.56 Å². The maximum Gasteiger partial charge on any atom is 0.331 e. The summed E-state index contributed by atoms with van der Waals surface area (Å²) in [6, 6.07) is 10.0. The van der Waals surface area contributed by atoms with Gasteiger partial charge in [-0.1, -0.05) is 25.0 Å². The minimum absolute atomic E-state index is 0.178. The molecule has 4 rings (SSSR count). The Bertz CT molecular complexity index is 1110. The van der Waals surface area contributed by atoms with Gasteiger partial charge in [-0.15, -0.1) is 0 Å². The van der Waals surface area contributed by atoms with E-state index in [4.69, 9.17) is 4.74 Å². The topological polar surface area (TPSA) is 92.8 Å². The zero-order chi connectivity index (χ0) is 22.3. The van der Waals surface area contributed by atoms with E-state index in [9.17, 15) is 19.2 Å². The number of benzene rings is 2. The average molecular weight is 420 g/mol. The predicted molar refractivity (Wildman–Crippen MR) is 114 cm³/mol. The summed E-state index contributed by atoms with van der Waals surface area (Å²) >= 11 is 0. The number of esters is 1. The highest BCUT2D eigenvalue weighted by Crippen LogP contribution is 2.33. The summed E-state index contributed by atoms with van der Waals surface area (Å²) < 4.78 is 4.90. The Hall–Kier alpha value is -3.48. The third-order valence-corrected chi connectivity index (χ3v) is 6.14. The predicted octanol–water partition coefficient (Wildman–Crippen LogP) is 3.32. The molecule has 0 atom stereocenters. The molecule has 7 heteroatoms. The molecule has 1 N–H and O–H groups in total. The normalized spacial score (nSPS) is 16.9. The number of ether oxygens (including phenoxy) is 1. The molecular formula is C24H24N2O5. The molecule has 2 aliphatic rings. The van der Waals surface area contributed by atoms with Gasteiger partial charge in [0.25, 0.3) is 17.7 Å². The fraction of sp³-hybridized carbons (Fsp3) is 0.333. The Morgan fingerprint density at radius 1 is 0.968 bits per heavy atom. The third kappa shape index (κ3) is 3.40. The van der Waals surface area contributed by atoms with Gasteiger partial charge in [-0.05, 0) is 62.1 Å². The van der Waals surface area contributed by atoms with Gasteiger partial charge in [0.15, 0.2) is 0 Å². The zero-order valence-electron chi connectivity index (χ0n) is 17.8. The number of aryl methyl sites for hydroxylation is 2. The minimum atomic E-state index is -1.05. The van der Waals surface area contributed by atoms with Gasteiger partial charge < -0.3 is 10.1 Å². The highest BCUT2D eigenvalue weighted by molar-refractivity contribution is 6.35. The van der Waals surface area contributed by atoms with Crippen molar-refractivity contribution in [2.75, 3.05) is 12.0 Å². The molecule has 1 saturated carbocycles. The number of carbonyl (C=O) groups excluding carboxylic acids is 4. The summed E-state index contributed by atoms with van der Waals surface area (Å²) in [4.78, 5) is 52.5. The van der Waals surface area contributed by atoms with Crippen LogP contribution in [0.15, 0.2) is 36.4 Å². The van der Waals surface area contributed by atoms with E-state index in [0.717, 1.165) is 28.9 Å². The van der Waals surface area contributed by atoms with E-state index in [0.29, 0.717) is 18.5 Å². The van der Waals surface area contributed by atoms with Crippen LogP contribution < -0.4 is 10.2 Å². The summed E-state index contributed by atoms with van der Waals surface area (Å²) in [5.74, 6) is -1.82. The van der Waals surface area contributed by atoms with E-state index in [2.05, 4.69) is 5.32 Å². The summed E-state index contributed by atoms with van der Waals surface area (Å²) in [5, 5.41) is 2.81. The first-order valence-corrected chi connectivity index (χ1v) is 10.3. The Kier molecular flexibility index (Phi) is 5.13. The molecule has 0 unspecified atom stereocenters. The number of rotatable bonds is 4. The van der Waals surface area contributed by atoms with Crippen LogP contribution in [-0.4, -0.2) is 36.3 Å². The largest absolute Gasteiger partial charge is 0.467 e. The number of nitrogens with one attached hydrogen (secondary N) is 1. The number of methoxy groups -OCH3 is 1. The highest BCUT2D eigenvalue weighted by atomic mass is 16.5. The average Bonchev–Trinajstić information content (AvgIpc) is 3.33. The summed E-state index contributed by atoms with van der Waals surface area (Å²) in [7, 11) is 1.30. The molecule has 1 aliphatic carbocycles. The van der Waals surface area contributed by atoms with E-state index in [1.807, 2.05) is 26.0 Å². The number of hydrogen-bond acceptors (Lipinski definition) is 5. The first-order chi connectivity index (χ1) is 14.8. The van der Waals surface area contributed by atoms with Crippen LogP contribution in [0.2, 0.25) is 0 Å². The molecule has 160 valence electrons. The Balaban J connectivity index is 1.65. The van der Waals surface area contributed by atoms with Gasteiger partial charge in [0.05, 0.1) is 23.9 Å². The molecule has 0 radical (unpaired) electrons. The van der Waals surface area contributed by atoms with Crippen LogP contribution in [0.1, 0.15) is 67.9 Å². The van der Waals surface area contributed by atoms with Gasteiger partial charge in [-0.2, -0.15) is 0 Å². The molecule has 2 aromatic rings. The Morgan fingerprint density at radius 3 is 2.32 bits per heavy atom. The fourth-order valence-corrected chi connectivity index (χ4v) is 4.40. The van der Waals surface area contributed by atoms with Crippen LogP contribution in [0.4, 0.5) is 5.69 Å². The standard InChI is InChI=1S/C24H24N2O5/c1-14-6-7-15(2)19(12-14)26-21(28)17-9-8-16(13-18(17)22(26)29)20(27)25-24(23(30)31-3)10-4-5-11-24/h6-9,12-13H,4-5,10-11H2,1-3H3,(H,25,27). The van der Waals surface area contributed by atoms with Crippen LogP contribution >= 0.6 is 0 Å². The number of fused-ring (bicyclic) bond motifs is 1. The quantitative estimate of drug-likeness (QED) is 0.605. The highest BCUT2D eigenvalue weighted by Gasteiger charge is 2.44. The summed E-state index contributed by atoms with van der Waals surface area (Å²) in [6.45, 7) is 3.73. The Morgan fingerprint density at radius 2 is 1.65 bits per heavy atom. The lowest BCUT2D eigenvalue weighted by atomic mass is 9.96. The number of carbonyl (C=O) groups is 4. The second-order valence-corrected chi connectivity index (χ2v) is 8.23. The van der Waals surface area contributed by atoms with Crippen molar-refractivity contribution in [3.05, 3.63) is 64.2 Å². The van der Waals surface area contributed by atoms with Crippen molar-refractivity contribution in [3.63, 3.8) is 0 Å².